The van der Waals surface area contributed by atoms with Crippen molar-refractivity contribution in [3.63, 3.8) is 0 Å². The highest BCUT2D eigenvalue weighted by atomic mass is 16.2. The van der Waals surface area contributed by atoms with Crippen LogP contribution in [0.15, 0.2) is 24.3 Å². The Hall–Kier alpha value is -1.35. The average molecular weight is 272 g/mol. The van der Waals surface area contributed by atoms with E-state index in [0.717, 1.165) is 39.0 Å². The van der Waals surface area contributed by atoms with Crippen molar-refractivity contribution in [1.82, 2.24) is 10.2 Å². The molecule has 2 aliphatic rings. The van der Waals surface area contributed by atoms with Crippen molar-refractivity contribution in [1.29, 1.82) is 0 Å². The summed E-state index contributed by atoms with van der Waals surface area (Å²) < 4.78 is 0. The molecule has 0 radical (unpaired) electrons. The Labute approximate surface area is 121 Å². The van der Waals surface area contributed by atoms with Crippen molar-refractivity contribution >= 4 is 5.91 Å². The van der Waals surface area contributed by atoms with Crippen LogP contribution in [-0.4, -0.2) is 30.4 Å². The number of nitrogens with zero attached hydrogens (tertiary/aromatic N) is 1. The highest BCUT2D eigenvalue weighted by molar-refractivity contribution is 5.76. The zero-order chi connectivity index (χ0) is 13.8. The van der Waals surface area contributed by atoms with Gasteiger partial charge in [0.25, 0.3) is 0 Å². The van der Waals surface area contributed by atoms with E-state index in [9.17, 15) is 4.79 Å². The molecule has 0 spiro atoms. The molecule has 1 amide bonds. The van der Waals surface area contributed by atoms with Crippen molar-refractivity contribution in [3.8, 4) is 0 Å². The van der Waals surface area contributed by atoms with Gasteiger partial charge in [-0.05, 0) is 55.8 Å². The van der Waals surface area contributed by atoms with Crippen LogP contribution in [0.5, 0.6) is 0 Å². The lowest BCUT2D eigenvalue weighted by molar-refractivity contribution is -0.132. The quantitative estimate of drug-likeness (QED) is 0.916. The second-order valence-corrected chi connectivity index (χ2v) is 6.09. The van der Waals surface area contributed by atoms with Gasteiger partial charge in [0.2, 0.25) is 5.91 Å². The number of amides is 1. The third-order valence-corrected chi connectivity index (χ3v) is 4.65. The summed E-state index contributed by atoms with van der Waals surface area (Å²) in [5.41, 5.74) is 2.74. The molecule has 1 atom stereocenters. The van der Waals surface area contributed by atoms with Gasteiger partial charge >= 0.3 is 0 Å². The molecule has 2 heterocycles. The topological polar surface area (TPSA) is 32.3 Å². The van der Waals surface area contributed by atoms with Crippen LogP contribution in [0.25, 0.3) is 0 Å². The molecule has 3 nitrogen and oxygen atoms in total. The summed E-state index contributed by atoms with van der Waals surface area (Å²) in [6.07, 6.45) is 5.31. The molecule has 3 heteroatoms. The fourth-order valence-corrected chi connectivity index (χ4v) is 3.36. The van der Waals surface area contributed by atoms with Gasteiger partial charge in [-0.1, -0.05) is 24.3 Å². The lowest BCUT2D eigenvalue weighted by atomic mass is 9.94. The Bertz CT molecular complexity index is 466. The molecule has 2 aliphatic heterocycles. The van der Waals surface area contributed by atoms with Crippen LogP contribution in [0.1, 0.15) is 36.8 Å². The average Bonchev–Trinajstić information content (AvgIpc) is 2.53. The summed E-state index contributed by atoms with van der Waals surface area (Å²) >= 11 is 0. The normalized spacial score (nSPS) is 22.4. The van der Waals surface area contributed by atoms with Crippen molar-refractivity contribution < 1.29 is 4.79 Å². The third kappa shape index (κ3) is 3.21. The van der Waals surface area contributed by atoms with E-state index in [0.29, 0.717) is 18.2 Å². The Morgan fingerprint density at radius 2 is 2.15 bits per heavy atom. The molecular weight excluding hydrogens is 248 g/mol. The highest BCUT2D eigenvalue weighted by Crippen LogP contribution is 2.21. The molecular formula is C17H24N2O. The van der Waals surface area contributed by atoms with E-state index in [4.69, 9.17) is 0 Å². The smallest absolute Gasteiger partial charge is 0.222 e. The minimum Gasteiger partial charge on any atom is -0.338 e. The predicted molar refractivity (Wildman–Crippen MR) is 80.4 cm³/mol. The Morgan fingerprint density at radius 3 is 2.95 bits per heavy atom. The van der Waals surface area contributed by atoms with Gasteiger partial charge < -0.3 is 10.2 Å². The first kappa shape index (κ1) is 13.6. The molecule has 0 bridgehead atoms. The van der Waals surface area contributed by atoms with E-state index in [1.165, 1.54) is 24.0 Å². The summed E-state index contributed by atoms with van der Waals surface area (Å²) in [6, 6.07) is 8.50. The highest BCUT2D eigenvalue weighted by Gasteiger charge is 2.21. The molecule has 1 aromatic carbocycles. The van der Waals surface area contributed by atoms with Gasteiger partial charge in [-0.25, -0.2) is 0 Å². The van der Waals surface area contributed by atoms with E-state index in [-0.39, 0.29) is 0 Å². The third-order valence-electron chi connectivity index (χ3n) is 4.65. The van der Waals surface area contributed by atoms with Gasteiger partial charge in [-0.2, -0.15) is 0 Å². The summed E-state index contributed by atoms with van der Waals surface area (Å²) in [5, 5.41) is 3.43. The first-order valence-electron chi connectivity index (χ1n) is 7.88. The van der Waals surface area contributed by atoms with Crippen LogP contribution < -0.4 is 5.32 Å². The van der Waals surface area contributed by atoms with Gasteiger partial charge in [-0.3, -0.25) is 4.79 Å². The van der Waals surface area contributed by atoms with E-state index in [1.807, 2.05) is 4.90 Å². The Kier molecular flexibility index (Phi) is 4.36. The predicted octanol–water partition coefficient (Wildman–Crippen LogP) is 2.35. The second kappa shape index (κ2) is 6.40. The first-order valence-corrected chi connectivity index (χ1v) is 7.88. The zero-order valence-electron chi connectivity index (χ0n) is 12.1. The number of rotatable bonds is 3. The molecule has 0 aliphatic carbocycles. The lowest BCUT2D eigenvalue weighted by Crippen LogP contribution is -2.36. The minimum absolute atomic E-state index is 0.338. The molecule has 0 aromatic heterocycles. The summed E-state index contributed by atoms with van der Waals surface area (Å²) in [7, 11) is 0. The number of piperidine rings is 1. The Morgan fingerprint density at radius 1 is 1.30 bits per heavy atom. The van der Waals surface area contributed by atoms with E-state index in [2.05, 4.69) is 29.6 Å². The summed E-state index contributed by atoms with van der Waals surface area (Å²) in [5.74, 6) is 1.04. The van der Waals surface area contributed by atoms with Crippen LogP contribution in [0, 0.1) is 5.92 Å². The van der Waals surface area contributed by atoms with Crippen molar-refractivity contribution in [3.05, 3.63) is 35.4 Å². The largest absolute Gasteiger partial charge is 0.338 e. The van der Waals surface area contributed by atoms with Crippen molar-refractivity contribution in [2.24, 2.45) is 5.92 Å². The SMILES string of the molecule is O=C(CCC1CCCNC1)N1CCc2ccccc2C1. The second-order valence-electron chi connectivity index (χ2n) is 6.09. The van der Waals surface area contributed by atoms with Gasteiger partial charge in [0, 0.05) is 19.5 Å². The van der Waals surface area contributed by atoms with Gasteiger partial charge in [-0.15, -0.1) is 0 Å². The van der Waals surface area contributed by atoms with Gasteiger partial charge in [0.1, 0.15) is 0 Å². The Balaban J connectivity index is 1.51. The first-order chi connectivity index (χ1) is 9.83. The molecule has 0 saturated carbocycles. The number of nitrogens with one attached hydrogen (secondary N) is 1. The number of benzene rings is 1. The molecule has 1 N–H and O–H groups in total. The van der Waals surface area contributed by atoms with E-state index >= 15 is 0 Å². The number of carbonyl (C=O) groups is 1. The number of carbonyl (C=O) groups excluding carboxylic acids is 1. The van der Waals surface area contributed by atoms with Crippen LogP contribution in [-0.2, 0) is 17.8 Å². The lowest BCUT2D eigenvalue weighted by Gasteiger charge is -2.30. The minimum atomic E-state index is 0.338. The summed E-state index contributed by atoms with van der Waals surface area (Å²) in [4.78, 5) is 14.4. The maximum absolute atomic E-state index is 12.4. The van der Waals surface area contributed by atoms with Crippen LogP contribution >= 0.6 is 0 Å². The molecule has 1 saturated heterocycles. The monoisotopic (exact) mass is 272 g/mol. The van der Waals surface area contributed by atoms with Crippen LogP contribution in [0.3, 0.4) is 0 Å². The maximum atomic E-state index is 12.4. The molecule has 108 valence electrons. The number of hydrogen-bond donors (Lipinski definition) is 1. The molecule has 1 unspecified atom stereocenters. The van der Waals surface area contributed by atoms with Crippen molar-refractivity contribution in [2.45, 2.75) is 38.6 Å². The molecule has 1 aromatic rings. The van der Waals surface area contributed by atoms with Crippen LogP contribution in [0.4, 0.5) is 0 Å². The summed E-state index contributed by atoms with van der Waals surface area (Å²) in [6.45, 7) is 3.93. The molecule has 20 heavy (non-hydrogen) atoms. The van der Waals surface area contributed by atoms with Crippen LogP contribution in [0.2, 0.25) is 0 Å². The zero-order valence-corrected chi connectivity index (χ0v) is 12.1. The standard InChI is InChI=1S/C17H24N2O/c20-17(8-7-14-4-3-10-18-12-14)19-11-9-15-5-1-2-6-16(15)13-19/h1-2,5-6,14,18H,3-4,7-13H2. The fraction of sp³-hybridized carbons (Fsp3) is 0.588. The number of hydrogen-bond acceptors (Lipinski definition) is 2. The van der Waals surface area contributed by atoms with Gasteiger partial charge in [0.05, 0.1) is 0 Å². The molecule has 1 fully saturated rings. The van der Waals surface area contributed by atoms with E-state index in [1.54, 1.807) is 0 Å². The fourth-order valence-electron chi connectivity index (χ4n) is 3.36. The number of fused-ring (bicyclic) bond motifs is 1. The van der Waals surface area contributed by atoms with E-state index < -0.39 is 0 Å². The maximum Gasteiger partial charge on any atom is 0.222 e. The van der Waals surface area contributed by atoms with Gasteiger partial charge in [0.15, 0.2) is 0 Å². The molecule has 3 rings (SSSR count). The van der Waals surface area contributed by atoms with Crippen molar-refractivity contribution in [2.75, 3.05) is 19.6 Å².